The van der Waals surface area contributed by atoms with Crippen LogP contribution in [0, 0.1) is 20.8 Å². The van der Waals surface area contributed by atoms with Crippen molar-refractivity contribution in [2.24, 2.45) is 0 Å². The Hall–Kier alpha value is -3.12. The molecule has 3 aromatic carbocycles. The molecule has 0 aliphatic rings. The molecular weight excluding hydrogens is 420 g/mol. The van der Waals surface area contributed by atoms with Crippen LogP contribution >= 0.6 is 0 Å². The zero-order chi connectivity index (χ0) is 23.5. The molecule has 0 heterocycles. The largest absolute Gasteiger partial charge is 0.346 e. The van der Waals surface area contributed by atoms with E-state index in [4.69, 9.17) is 0 Å². The summed E-state index contributed by atoms with van der Waals surface area (Å²) in [6, 6.07) is 20.7. The van der Waals surface area contributed by atoms with Crippen molar-refractivity contribution in [1.29, 1.82) is 0 Å². The molecule has 0 saturated heterocycles. The lowest BCUT2D eigenvalue weighted by Crippen LogP contribution is -2.30. The minimum absolute atomic E-state index is 0.117. The van der Waals surface area contributed by atoms with Crippen LogP contribution < -0.4 is 9.62 Å². The van der Waals surface area contributed by atoms with Crippen molar-refractivity contribution in [1.82, 2.24) is 5.32 Å². The first-order valence-electron chi connectivity index (χ1n) is 10.6. The van der Waals surface area contributed by atoms with Crippen LogP contribution in [0.4, 0.5) is 5.69 Å². The number of amides is 1. The molecule has 32 heavy (non-hydrogen) atoms. The summed E-state index contributed by atoms with van der Waals surface area (Å²) < 4.78 is 26.4. The second-order valence-electron chi connectivity index (χ2n) is 8.31. The topological polar surface area (TPSA) is 66.5 Å². The van der Waals surface area contributed by atoms with Gasteiger partial charge >= 0.3 is 0 Å². The average molecular weight is 451 g/mol. The van der Waals surface area contributed by atoms with Crippen molar-refractivity contribution in [2.45, 2.75) is 40.3 Å². The maximum absolute atomic E-state index is 12.7. The molecule has 3 aromatic rings. The van der Waals surface area contributed by atoms with E-state index < -0.39 is 10.0 Å². The van der Waals surface area contributed by atoms with Crippen LogP contribution in [0.5, 0.6) is 0 Å². The Kier molecular flexibility index (Phi) is 7.04. The lowest BCUT2D eigenvalue weighted by Gasteiger charge is -2.25. The van der Waals surface area contributed by atoms with E-state index in [1.165, 1.54) is 10.6 Å². The molecule has 0 bridgehead atoms. The smallest absolute Gasteiger partial charge is 0.251 e. The van der Waals surface area contributed by atoms with Gasteiger partial charge in [-0.3, -0.25) is 9.10 Å². The lowest BCUT2D eigenvalue weighted by atomic mass is 10.0. The summed E-state index contributed by atoms with van der Waals surface area (Å²) in [6.07, 6.45) is 1.21. The number of nitrogens with one attached hydrogen (secondary N) is 1. The van der Waals surface area contributed by atoms with Crippen LogP contribution in [0.1, 0.15) is 51.1 Å². The highest BCUT2D eigenvalue weighted by Gasteiger charge is 2.20. The van der Waals surface area contributed by atoms with Crippen molar-refractivity contribution >= 4 is 21.6 Å². The van der Waals surface area contributed by atoms with Gasteiger partial charge in [0.2, 0.25) is 10.0 Å². The van der Waals surface area contributed by atoms with Crippen molar-refractivity contribution in [3.8, 4) is 0 Å². The van der Waals surface area contributed by atoms with Gasteiger partial charge in [0.1, 0.15) is 0 Å². The van der Waals surface area contributed by atoms with E-state index in [9.17, 15) is 13.2 Å². The molecular formula is C26H30N2O3S. The lowest BCUT2D eigenvalue weighted by molar-refractivity contribution is 0.0940. The number of hydrogen-bond acceptors (Lipinski definition) is 3. The van der Waals surface area contributed by atoms with Crippen molar-refractivity contribution in [2.75, 3.05) is 10.6 Å². The van der Waals surface area contributed by atoms with Crippen LogP contribution in [0.3, 0.4) is 0 Å². The SMILES string of the molecule is Cc1ccc(C)c(N(Cc2ccc(C(=O)N[C@@H](C)c3ccccc3C)cc2)S(C)(=O)=O)c1. The summed E-state index contributed by atoms with van der Waals surface area (Å²) in [4.78, 5) is 12.7. The predicted molar refractivity (Wildman–Crippen MR) is 130 cm³/mol. The van der Waals surface area contributed by atoms with Crippen molar-refractivity contribution in [3.63, 3.8) is 0 Å². The molecule has 0 aromatic heterocycles. The Bertz CT molecular complexity index is 1220. The third-order valence-corrected chi connectivity index (χ3v) is 6.70. The second-order valence-corrected chi connectivity index (χ2v) is 10.2. The standard InChI is InChI=1S/C26H30N2O3S/c1-18-10-11-20(3)25(16-18)28(32(5,30)31)17-22-12-14-23(15-13-22)26(29)27-21(4)24-9-7-6-8-19(24)2/h6-16,21H,17H2,1-5H3,(H,27,29)/t21-/m0/s1. The highest BCUT2D eigenvalue weighted by atomic mass is 32.2. The quantitative estimate of drug-likeness (QED) is 0.547. The van der Waals surface area contributed by atoms with Crippen molar-refractivity contribution < 1.29 is 13.2 Å². The fourth-order valence-electron chi connectivity index (χ4n) is 3.73. The maximum Gasteiger partial charge on any atom is 0.251 e. The number of carbonyl (C=O) groups excluding carboxylic acids is 1. The van der Waals surface area contributed by atoms with E-state index in [2.05, 4.69) is 5.32 Å². The summed E-state index contributed by atoms with van der Waals surface area (Å²) in [5, 5.41) is 3.03. The molecule has 6 heteroatoms. The Balaban J connectivity index is 1.77. The molecule has 0 radical (unpaired) electrons. The van der Waals surface area contributed by atoms with E-state index in [0.717, 1.165) is 27.8 Å². The number of benzene rings is 3. The van der Waals surface area contributed by atoms with Gasteiger partial charge in [-0.05, 0) is 73.7 Å². The summed E-state index contributed by atoms with van der Waals surface area (Å²) in [6.45, 7) is 8.02. The van der Waals surface area contributed by atoms with Gasteiger partial charge in [-0.1, -0.05) is 48.5 Å². The normalized spacial score (nSPS) is 12.3. The highest BCUT2D eigenvalue weighted by Crippen LogP contribution is 2.26. The van der Waals surface area contributed by atoms with E-state index in [1.54, 1.807) is 24.3 Å². The molecule has 1 amide bonds. The van der Waals surface area contributed by atoms with Gasteiger partial charge in [-0.25, -0.2) is 8.42 Å². The predicted octanol–water partition coefficient (Wildman–Crippen LogP) is 5.07. The van der Waals surface area contributed by atoms with Gasteiger partial charge in [-0.2, -0.15) is 0 Å². The molecule has 0 spiro atoms. The second kappa shape index (κ2) is 9.57. The number of nitrogens with zero attached hydrogens (tertiary/aromatic N) is 1. The van der Waals surface area contributed by atoms with Crippen LogP contribution in [0.25, 0.3) is 0 Å². The first-order chi connectivity index (χ1) is 15.1. The molecule has 1 atom stereocenters. The van der Waals surface area contributed by atoms with Crippen LogP contribution in [0.15, 0.2) is 66.7 Å². The number of sulfonamides is 1. The molecule has 0 unspecified atom stereocenters. The van der Waals surface area contributed by atoms with Gasteiger partial charge in [0, 0.05) is 5.56 Å². The molecule has 0 saturated carbocycles. The number of aryl methyl sites for hydroxylation is 3. The summed E-state index contributed by atoms with van der Waals surface area (Å²) in [5.41, 5.74) is 6.10. The summed E-state index contributed by atoms with van der Waals surface area (Å²) in [5.74, 6) is -0.165. The van der Waals surface area contributed by atoms with E-state index in [1.807, 2.05) is 70.2 Å². The Morgan fingerprint density at radius 1 is 0.938 bits per heavy atom. The Morgan fingerprint density at radius 3 is 2.22 bits per heavy atom. The summed E-state index contributed by atoms with van der Waals surface area (Å²) in [7, 11) is -3.48. The fraction of sp³-hybridized carbons (Fsp3) is 0.269. The third-order valence-electron chi connectivity index (χ3n) is 5.58. The molecule has 5 nitrogen and oxygen atoms in total. The Labute approximate surface area is 191 Å². The average Bonchev–Trinajstić information content (AvgIpc) is 2.73. The number of carbonyl (C=O) groups is 1. The molecule has 1 N–H and O–H groups in total. The molecule has 0 fully saturated rings. The van der Waals surface area contributed by atoms with Crippen LogP contribution in [-0.4, -0.2) is 20.6 Å². The maximum atomic E-state index is 12.7. The van der Waals surface area contributed by atoms with Gasteiger partial charge in [0.05, 0.1) is 24.5 Å². The van der Waals surface area contributed by atoms with E-state index in [-0.39, 0.29) is 18.5 Å². The van der Waals surface area contributed by atoms with E-state index >= 15 is 0 Å². The van der Waals surface area contributed by atoms with Crippen LogP contribution in [0.2, 0.25) is 0 Å². The zero-order valence-electron chi connectivity index (χ0n) is 19.2. The van der Waals surface area contributed by atoms with E-state index in [0.29, 0.717) is 11.3 Å². The molecule has 0 aliphatic carbocycles. The van der Waals surface area contributed by atoms with Crippen molar-refractivity contribution in [3.05, 3.63) is 100 Å². The number of anilines is 1. The number of rotatable bonds is 7. The zero-order valence-corrected chi connectivity index (χ0v) is 20.0. The van der Waals surface area contributed by atoms with Gasteiger partial charge < -0.3 is 5.32 Å². The summed E-state index contributed by atoms with van der Waals surface area (Å²) >= 11 is 0. The van der Waals surface area contributed by atoms with Gasteiger partial charge in [0.25, 0.3) is 5.91 Å². The van der Waals surface area contributed by atoms with Gasteiger partial charge in [-0.15, -0.1) is 0 Å². The minimum Gasteiger partial charge on any atom is -0.346 e. The fourth-order valence-corrected chi connectivity index (χ4v) is 4.66. The molecule has 168 valence electrons. The van der Waals surface area contributed by atoms with Gasteiger partial charge in [0.15, 0.2) is 0 Å². The Morgan fingerprint density at radius 2 is 1.59 bits per heavy atom. The van der Waals surface area contributed by atoms with Crippen LogP contribution in [-0.2, 0) is 16.6 Å². The first-order valence-corrected chi connectivity index (χ1v) is 12.4. The number of hydrogen-bond donors (Lipinski definition) is 1. The minimum atomic E-state index is -3.48. The first kappa shape index (κ1) is 23.5. The highest BCUT2D eigenvalue weighted by molar-refractivity contribution is 7.92. The monoisotopic (exact) mass is 450 g/mol. The third kappa shape index (κ3) is 5.56. The molecule has 3 rings (SSSR count). The molecule has 0 aliphatic heterocycles.